The summed E-state index contributed by atoms with van der Waals surface area (Å²) >= 11 is 0. The predicted octanol–water partition coefficient (Wildman–Crippen LogP) is 3.32. The number of halogens is 5. The van der Waals surface area contributed by atoms with Crippen molar-refractivity contribution in [2.45, 2.75) is 50.4 Å². The zero-order valence-electron chi connectivity index (χ0n) is 22.6. The summed E-state index contributed by atoms with van der Waals surface area (Å²) < 4.78 is 71.0. The van der Waals surface area contributed by atoms with E-state index in [1.54, 1.807) is 6.07 Å². The molecule has 3 aromatic rings. The monoisotopic (exact) mass is 604 g/mol. The second kappa shape index (κ2) is 10.8. The molecule has 5 amide bonds. The Kier molecular flexibility index (Phi) is 7.44. The molecule has 1 aliphatic carbocycles. The highest BCUT2D eigenvalue weighted by Crippen LogP contribution is 2.49. The summed E-state index contributed by atoms with van der Waals surface area (Å²) in [6.07, 6.45) is -4.05. The van der Waals surface area contributed by atoms with Gasteiger partial charge in [0.05, 0.1) is 6.20 Å². The van der Waals surface area contributed by atoms with E-state index in [0.717, 1.165) is 19.1 Å². The van der Waals surface area contributed by atoms with E-state index in [1.165, 1.54) is 41.3 Å². The number of fused-ring (bicyclic) bond motifs is 2. The average molecular weight is 605 g/mol. The SMILES string of the molecule is C[C@H](N(Cc1ccc(F)cc1)C(=O)CN1C(=O)N[C@]2(C[C@@H](F)c3cc(-c4cnn(CC(N)=O)c4)ccc32)C1=O)C(F)(F)F. The van der Waals surface area contributed by atoms with Crippen LogP contribution in [0.25, 0.3) is 11.1 Å². The molecule has 10 nitrogen and oxygen atoms in total. The molecule has 5 rings (SSSR count). The topological polar surface area (TPSA) is 131 Å². The maximum atomic E-state index is 15.4. The van der Waals surface area contributed by atoms with Crippen molar-refractivity contribution in [1.82, 2.24) is 24.9 Å². The number of hydrogen-bond donors (Lipinski definition) is 2. The van der Waals surface area contributed by atoms with E-state index in [1.807, 2.05) is 0 Å². The Morgan fingerprint density at radius 1 is 1.14 bits per heavy atom. The normalized spacial score (nSPS) is 20.3. The molecule has 15 heteroatoms. The first-order chi connectivity index (χ1) is 20.2. The molecule has 3 atom stereocenters. The number of carbonyl (C=O) groups is 4. The lowest BCUT2D eigenvalue weighted by molar-refractivity contribution is -0.187. The number of amides is 5. The maximum Gasteiger partial charge on any atom is 0.408 e. The third-order valence-electron chi connectivity index (χ3n) is 7.62. The van der Waals surface area contributed by atoms with Gasteiger partial charge in [0.15, 0.2) is 0 Å². The molecule has 43 heavy (non-hydrogen) atoms. The number of hydrogen-bond acceptors (Lipinski definition) is 5. The molecule has 0 radical (unpaired) electrons. The highest BCUT2D eigenvalue weighted by molar-refractivity contribution is 6.10. The molecule has 2 aliphatic rings. The van der Waals surface area contributed by atoms with Crippen molar-refractivity contribution in [2.75, 3.05) is 6.54 Å². The van der Waals surface area contributed by atoms with Crippen molar-refractivity contribution in [3.8, 4) is 11.1 Å². The van der Waals surface area contributed by atoms with Crippen LogP contribution in [-0.4, -0.2) is 62.1 Å². The first kappa shape index (κ1) is 29.7. The zero-order chi connectivity index (χ0) is 31.3. The number of rotatable bonds is 8. The summed E-state index contributed by atoms with van der Waals surface area (Å²) in [7, 11) is 0. The van der Waals surface area contributed by atoms with Crippen LogP contribution in [0.2, 0.25) is 0 Å². The van der Waals surface area contributed by atoms with Gasteiger partial charge >= 0.3 is 12.2 Å². The smallest absolute Gasteiger partial charge is 0.368 e. The second-order valence-corrected chi connectivity index (χ2v) is 10.5. The first-order valence-corrected chi connectivity index (χ1v) is 13.0. The van der Waals surface area contributed by atoms with Crippen LogP contribution in [0.4, 0.5) is 26.7 Å². The van der Waals surface area contributed by atoms with Gasteiger partial charge in [-0.05, 0) is 47.4 Å². The Morgan fingerprint density at radius 3 is 2.49 bits per heavy atom. The van der Waals surface area contributed by atoms with Crippen LogP contribution in [0.1, 0.15) is 36.2 Å². The fourth-order valence-electron chi connectivity index (χ4n) is 5.36. The molecule has 1 spiro atoms. The first-order valence-electron chi connectivity index (χ1n) is 13.0. The third-order valence-corrected chi connectivity index (χ3v) is 7.62. The zero-order valence-corrected chi connectivity index (χ0v) is 22.6. The number of carbonyl (C=O) groups excluding carboxylic acids is 4. The van der Waals surface area contributed by atoms with Gasteiger partial charge in [-0.3, -0.25) is 24.0 Å². The van der Waals surface area contributed by atoms with Gasteiger partial charge in [0.25, 0.3) is 5.91 Å². The van der Waals surface area contributed by atoms with E-state index in [4.69, 9.17) is 5.73 Å². The largest absolute Gasteiger partial charge is 0.408 e. The van der Waals surface area contributed by atoms with Crippen LogP contribution in [0.5, 0.6) is 0 Å². The number of urea groups is 1. The molecule has 1 aromatic heterocycles. The van der Waals surface area contributed by atoms with Crippen LogP contribution >= 0.6 is 0 Å². The molecule has 0 unspecified atom stereocenters. The molecule has 0 saturated carbocycles. The number of benzene rings is 2. The molecular weight excluding hydrogens is 579 g/mol. The molecule has 1 fully saturated rings. The van der Waals surface area contributed by atoms with Crippen molar-refractivity contribution in [1.29, 1.82) is 0 Å². The minimum atomic E-state index is -4.84. The second-order valence-electron chi connectivity index (χ2n) is 10.5. The minimum Gasteiger partial charge on any atom is -0.368 e. The van der Waals surface area contributed by atoms with Crippen LogP contribution in [0, 0.1) is 5.82 Å². The van der Waals surface area contributed by atoms with E-state index in [2.05, 4.69) is 10.4 Å². The lowest BCUT2D eigenvalue weighted by Crippen LogP contribution is -2.51. The summed E-state index contributed by atoms with van der Waals surface area (Å²) in [5, 5.41) is 6.48. The van der Waals surface area contributed by atoms with E-state index >= 15 is 4.39 Å². The lowest BCUT2D eigenvalue weighted by Gasteiger charge is -2.32. The van der Waals surface area contributed by atoms with Gasteiger partial charge in [-0.15, -0.1) is 0 Å². The van der Waals surface area contributed by atoms with Crippen LogP contribution in [0.15, 0.2) is 54.9 Å². The third kappa shape index (κ3) is 5.53. The number of imide groups is 1. The van der Waals surface area contributed by atoms with E-state index in [-0.39, 0.29) is 23.2 Å². The molecule has 0 bridgehead atoms. The van der Waals surface area contributed by atoms with Gasteiger partial charge in [0, 0.05) is 24.7 Å². The fourth-order valence-corrected chi connectivity index (χ4v) is 5.36. The van der Waals surface area contributed by atoms with Gasteiger partial charge in [-0.1, -0.05) is 24.3 Å². The predicted molar refractivity (Wildman–Crippen MR) is 140 cm³/mol. The van der Waals surface area contributed by atoms with Gasteiger partial charge in [0.1, 0.15) is 36.7 Å². The summed E-state index contributed by atoms with van der Waals surface area (Å²) in [6.45, 7) is -1.01. The average Bonchev–Trinajstić information content (AvgIpc) is 3.58. The van der Waals surface area contributed by atoms with Gasteiger partial charge in [0.2, 0.25) is 11.8 Å². The van der Waals surface area contributed by atoms with Crippen molar-refractivity contribution in [2.24, 2.45) is 5.73 Å². The standard InChI is InChI=1S/C28H25F5N6O4/c1-15(28(31,32)33)38(11-16-2-5-19(29)6-3-16)24(41)14-39-25(42)27(36-26(39)43)9-22(30)20-8-17(4-7-21(20)27)18-10-35-37(12-18)13-23(34)40/h2-8,10,12,15,22H,9,11,13-14H2,1H3,(H2,34,40)(H,36,43)/t15-,22+,27-/m0/s1. The Hall–Kier alpha value is -4.82. The van der Waals surface area contributed by atoms with Crippen LogP contribution < -0.4 is 11.1 Å². The minimum absolute atomic E-state index is 0.102. The maximum absolute atomic E-state index is 15.4. The van der Waals surface area contributed by atoms with Gasteiger partial charge in [-0.2, -0.15) is 18.3 Å². The number of primary amides is 1. The Balaban J connectivity index is 1.39. The van der Waals surface area contributed by atoms with Gasteiger partial charge in [-0.25, -0.2) is 13.6 Å². The van der Waals surface area contributed by atoms with E-state index in [0.29, 0.717) is 20.9 Å². The number of nitrogens with zero attached hydrogens (tertiary/aromatic N) is 4. The summed E-state index contributed by atoms with van der Waals surface area (Å²) in [5.74, 6) is -3.40. The van der Waals surface area contributed by atoms with Gasteiger partial charge < -0.3 is 16.0 Å². The summed E-state index contributed by atoms with van der Waals surface area (Å²) in [6, 6.07) is 5.62. The molecule has 226 valence electrons. The van der Waals surface area contributed by atoms with E-state index in [9.17, 15) is 36.7 Å². The van der Waals surface area contributed by atoms with Crippen molar-refractivity contribution in [3.63, 3.8) is 0 Å². The molecule has 1 saturated heterocycles. The quantitative estimate of drug-likeness (QED) is 0.301. The van der Waals surface area contributed by atoms with Crippen LogP contribution in [-0.2, 0) is 33.0 Å². The van der Waals surface area contributed by atoms with Crippen molar-refractivity contribution >= 4 is 23.8 Å². The lowest BCUT2D eigenvalue weighted by atomic mass is 9.90. The Labute approximate surface area is 241 Å². The highest BCUT2D eigenvalue weighted by Gasteiger charge is 2.59. The molecule has 3 N–H and O–H groups in total. The fraction of sp³-hybridized carbons (Fsp3) is 0.321. The Morgan fingerprint density at radius 2 is 1.84 bits per heavy atom. The highest BCUT2D eigenvalue weighted by atomic mass is 19.4. The molecular formula is C28H25F5N6O4. The van der Waals surface area contributed by atoms with Crippen molar-refractivity contribution in [3.05, 3.63) is 77.4 Å². The number of nitrogens with two attached hydrogens (primary N) is 1. The van der Waals surface area contributed by atoms with E-state index < -0.39 is 73.0 Å². The number of aromatic nitrogens is 2. The molecule has 2 heterocycles. The Bertz CT molecular complexity index is 1610. The van der Waals surface area contributed by atoms with Crippen LogP contribution in [0.3, 0.4) is 0 Å². The summed E-state index contributed by atoms with van der Waals surface area (Å²) in [5.41, 5.74) is 4.80. The van der Waals surface area contributed by atoms with Crippen molar-refractivity contribution < 1.29 is 41.1 Å². The number of alkyl halides is 4. The number of nitrogens with one attached hydrogen (secondary N) is 1. The molecule has 2 aromatic carbocycles. The summed E-state index contributed by atoms with van der Waals surface area (Å²) in [4.78, 5) is 51.9. The molecule has 1 aliphatic heterocycles.